The monoisotopic (exact) mass is 276 g/mol. The van der Waals surface area contributed by atoms with Gasteiger partial charge in [-0.15, -0.1) is 0 Å². The van der Waals surface area contributed by atoms with E-state index in [-0.39, 0.29) is 17.4 Å². The normalized spacial score (nSPS) is 11.9. The molecular weight excluding hydrogens is 260 g/mol. The van der Waals surface area contributed by atoms with Crippen molar-refractivity contribution < 1.29 is 4.92 Å². The molecule has 106 valence electrons. The highest BCUT2D eigenvalue weighted by molar-refractivity contribution is 5.75. The molecule has 0 saturated carbocycles. The fraction of sp³-hybridized carbons (Fsp3) is 0.250. The van der Waals surface area contributed by atoms with Gasteiger partial charge in [-0.2, -0.15) is 0 Å². The number of para-hydroxylation sites is 1. The van der Waals surface area contributed by atoms with Crippen molar-refractivity contribution >= 4 is 17.1 Å². The molecule has 0 saturated heterocycles. The Morgan fingerprint density at radius 3 is 2.85 bits per heavy atom. The van der Waals surface area contributed by atoms with Gasteiger partial charge in [-0.05, 0) is 19.1 Å². The average Bonchev–Trinajstić information content (AvgIpc) is 2.90. The minimum Gasteiger partial charge on any atom is -0.375 e. The minimum absolute atomic E-state index is 0.00377. The molecule has 1 aromatic heterocycles. The zero-order chi connectivity index (χ0) is 14.5. The van der Waals surface area contributed by atoms with Crippen LogP contribution in [-0.2, 0) is 6.54 Å². The number of rotatable bonds is 6. The Bertz CT molecular complexity index is 584. The van der Waals surface area contributed by atoms with Crippen LogP contribution in [0.2, 0.25) is 0 Å². The second-order valence-electron chi connectivity index (χ2n) is 4.41. The molecule has 1 aromatic carbocycles. The summed E-state index contributed by atoms with van der Waals surface area (Å²) in [5.41, 5.74) is 2.98. The third-order valence-electron chi connectivity index (χ3n) is 2.82. The fourth-order valence-corrected chi connectivity index (χ4v) is 2.00. The van der Waals surface area contributed by atoms with E-state index in [1.54, 1.807) is 30.7 Å². The summed E-state index contributed by atoms with van der Waals surface area (Å²) in [5, 5.41) is 14.3. The third kappa shape index (κ3) is 3.04. The molecule has 2 rings (SSSR count). The van der Waals surface area contributed by atoms with Gasteiger partial charge >= 0.3 is 5.69 Å². The SMILES string of the molecule is CC(Cn1ccnc1)Nc1cccc(NN)c1[N+](=O)[O-]. The van der Waals surface area contributed by atoms with Crippen LogP contribution in [0.15, 0.2) is 36.9 Å². The predicted molar refractivity (Wildman–Crippen MR) is 76.2 cm³/mol. The van der Waals surface area contributed by atoms with E-state index >= 15 is 0 Å². The molecule has 8 nitrogen and oxygen atoms in total. The second kappa shape index (κ2) is 6.02. The lowest BCUT2D eigenvalue weighted by Crippen LogP contribution is -2.22. The van der Waals surface area contributed by atoms with Gasteiger partial charge in [0.05, 0.1) is 11.3 Å². The van der Waals surface area contributed by atoms with Gasteiger partial charge in [-0.25, -0.2) is 4.98 Å². The van der Waals surface area contributed by atoms with Crippen LogP contribution in [0.4, 0.5) is 17.1 Å². The van der Waals surface area contributed by atoms with E-state index in [1.165, 1.54) is 0 Å². The van der Waals surface area contributed by atoms with E-state index in [0.29, 0.717) is 12.2 Å². The van der Waals surface area contributed by atoms with Crippen LogP contribution in [0, 0.1) is 10.1 Å². The Hall–Kier alpha value is -2.61. The average molecular weight is 276 g/mol. The highest BCUT2D eigenvalue weighted by Gasteiger charge is 2.20. The van der Waals surface area contributed by atoms with Crippen molar-refractivity contribution in [2.45, 2.75) is 19.5 Å². The quantitative estimate of drug-likeness (QED) is 0.419. The molecule has 1 atom stereocenters. The highest BCUT2D eigenvalue weighted by Crippen LogP contribution is 2.32. The number of nitro benzene ring substituents is 1. The molecule has 1 heterocycles. The predicted octanol–water partition coefficient (Wildman–Crippen LogP) is 1.58. The number of hydrazine groups is 1. The highest BCUT2D eigenvalue weighted by atomic mass is 16.6. The second-order valence-corrected chi connectivity index (χ2v) is 4.41. The molecule has 0 spiro atoms. The van der Waals surface area contributed by atoms with Crippen LogP contribution in [0.3, 0.4) is 0 Å². The molecule has 2 aromatic rings. The molecule has 0 radical (unpaired) electrons. The number of imidazole rings is 1. The van der Waals surface area contributed by atoms with Crippen molar-refractivity contribution in [3.05, 3.63) is 47.0 Å². The lowest BCUT2D eigenvalue weighted by molar-refractivity contribution is -0.383. The van der Waals surface area contributed by atoms with Gasteiger partial charge in [0.1, 0.15) is 11.4 Å². The molecule has 0 bridgehead atoms. The molecule has 20 heavy (non-hydrogen) atoms. The first-order valence-electron chi connectivity index (χ1n) is 6.08. The number of nitrogen functional groups attached to an aromatic ring is 1. The van der Waals surface area contributed by atoms with Crippen molar-refractivity contribution in [3.63, 3.8) is 0 Å². The van der Waals surface area contributed by atoms with Crippen molar-refractivity contribution in [1.29, 1.82) is 0 Å². The van der Waals surface area contributed by atoms with E-state index < -0.39 is 4.92 Å². The Labute approximate surface area is 115 Å². The van der Waals surface area contributed by atoms with Gasteiger partial charge in [0.25, 0.3) is 0 Å². The number of benzene rings is 1. The van der Waals surface area contributed by atoms with Crippen molar-refractivity contribution in [2.24, 2.45) is 5.84 Å². The molecule has 0 aliphatic heterocycles. The number of nitrogens with two attached hydrogens (primary N) is 1. The van der Waals surface area contributed by atoms with Crippen molar-refractivity contribution in [1.82, 2.24) is 9.55 Å². The van der Waals surface area contributed by atoms with E-state index in [9.17, 15) is 10.1 Å². The van der Waals surface area contributed by atoms with Crippen molar-refractivity contribution in [3.8, 4) is 0 Å². The summed E-state index contributed by atoms with van der Waals surface area (Å²) in [7, 11) is 0. The zero-order valence-corrected chi connectivity index (χ0v) is 11.0. The first kappa shape index (κ1) is 13.8. The van der Waals surface area contributed by atoms with Crippen LogP contribution >= 0.6 is 0 Å². The maximum absolute atomic E-state index is 11.2. The first-order valence-corrected chi connectivity index (χ1v) is 6.08. The standard InChI is InChI=1S/C12H16N6O2/c1-9(7-17-6-5-14-8-17)15-10-3-2-4-11(16-13)12(10)18(19)20/h2-6,8-9,15-16H,7,13H2,1H3. The molecule has 1 unspecified atom stereocenters. The van der Waals surface area contributed by atoms with Gasteiger partial charge in [0, 0.05) is 25.0 Å². The lowest BCUT2D eigenvalue weighted by Gasteiger charge is -2.16. The van der Waals surface area contributed by atoms with Gasteiger partial charge in [-0.1, -0.05) is 6.07 Å². The summed E-state index contributed by atoms with van der Waals surface area (Å²) in [6.45, 7) is 2.59. The number of hydrogen-bond donors (Lipinski definition) is 3. The zero-order valence-electron chi connectivity index (χ0n) is 11.0. The fourth-order valence-electron chi connectivity index (χ4n) is 2.00. The molecular formula is C12H16N6O2. The molecule has 8 heteroatoms. The van der Waals surface area contributed by atoms with Gasteiger partial charge < -0.3 is 15.3 Å². The van der Waals surface area contributed by atoms with Gasteiger partial charge in [-0.3, -0.25) is 16.0 Å². The molecule has 0 aliphatic carbocycles. The first-order chi connectivity index (χ1) is 9.61. The van der Waals surface area contributed by atoms with Gasteiger partial charge in [0.2, 0.25) is 0 Å². The number of nitrogens with one attached hydrogen (secondary N) is 2. The summed E-state index contributed by atoms with van der Waals surface area (Å²) in [5.74, 6) is 5.30. The number of nitrogens with zero attached hydrogens (tertiary/aromatic N) is 3. The van der Waals surface area contributed by atoms with Crippen LogP contribution < -0.4 is 16.6 Å². The van der Waals surface area contributed by atoms with E-state index in [2.05, 4.69) is 15.7 Å². The summed E-state index contributed by atoms with van der Waals surface area (Å²) in [4.78, 5) is 14.7. The summed E-state index contributed by atoms with van der Waals surface area (Å²) in [6.07, 6.45) is 5.23. The Morgan fingerprint density at radius 2 is 2.25 bits per heavy atom. The Morgan fingerprint density at radius 1 is 1.50 bits per heavy atom. The topological polar surface area (TPSA) is 111 Å². The van der Waals surface area contributed by atoms with E-state index in [0.717, 1.165) is 0 Å². The van der Waals surface area contributed by atoms with Crippen LogP contribution in [0.1, 0.15) is 6.92 Å². The number of hydrogen-bond acceptors (Lipinski definition) is 6. The largest absolute Gasteiger partial charge is 0.375 e. The lowest BCUT2D eigenvalue weighted by atomic mass is 10.2. The van der Waals surface area contributed by atoms with Crippen molar-refractivity contribution in [2.75, 3.05) is 10.7 Å². The van der Waals surface area contributed by atoms with Crippen LogP contribution in [-0.4, -0.2) is 20.5 Å². The number of anilines is 2. The van der Waals surface area contributed by atoms with Crippen LogP contribution in [0.25, 0.3) is 0 Å². The minimum atomic E-state index is -0.457. The molecule has 4 N–H and O–H groups in total. The van der Waals surface area contributed by atoms with Gasteiger partial charge in [0.15, 0.2) is 0 Å². The summed E-state index contributed by atoms with van der Waals surface area (Å²) in [6, 6.07) is 4.91. The number of aromatic nitrogens is 2. The maximum atomic E-state index is 11.2. The molecule has 0 amide bonds. The maximum Gasteiger partial charge on any atom is 0.316 e. The molecule has 0 aliphatic rings. The third-order valence-corrected chi connectivity index (χ3v) is 2.82. The summed E-state index contributed by atoms with van der Waals surface area (Å²) < 4.78 is 1.90. The Kier molecular flexibility index (Phi) is 4.16. The molecule has 0 fully saturated rings. The summed E-state index contributed by atoms with van der Waals surface area (Å²) >= 11 is 0. The smallest absolute Gasteiger partial charge is 0.316 e. The Balaban J connectivity index is 2.18. The number of nitro groups is 1. The van der Waals surface area contributed by atoms with Crippen LogP contribution in [0.5, 0.6) is 0 Å². The van der Waals surface area contributed by atoms with E-state index in [4.69, 9.17) is 5.84 Å². The van der Waals surface area contributed by atoms with E-state index in [1.807, 2.05) is 17.7 Å².